The second-order valence-corrected chi connectivity index (χ2v) is 7.64. The average molecular weight is 365 g/mol. The second kappa shape index (κ2) is 6.79. The maximum Gasteiger partial charge on any atom is 0.157 e. The molecule has 7 nitrogen and oxygen atoms in total. The lowest BCUT2D eigenvalue weighted by molar-refractivity contribution is 0.628. The van der Waals surface area contributed by atoms with Crippen LogP contribution in [0.2, 0.25) is 0 Å². The molecule has 1 aliphatic heterocycles. The van der Waals surface area contributed by atoms with E-state index < -0.39 is 0 Å². The van der Waals surface area contributed by atoms with Crippen LogP contribution in [0.25, 0.3) is 5.65 Å². The molecule has 7 heteroatoms. The number of aryl methyl sites for hydroxylation is 3. The molecule has 3 aromatic heterocycles. The van der Waals surface area contributed by atoms with Gasteiger partial charge in [-0.15, -0.1) is 0 Å². The highest BCUT2D eigenvalue weighted by Crippen LogP contribution is 2.25. The SMILES string of the molecule is Cc1cnc(C)c(N2CCN(c3cc(C(C)C)nc4cc(C)nn34)CC2)n1. The predicted octanol–water partition coefficient (Wildman–Crippen LogP) is 2.89. The lowest BCUT2D eigenvalue weighted by Crippen LogP contribution is -2.47. The third-order valence-electron chi connectivity index (χ3n) is 5.10. The van der Waals surface area contributed by atoms with Crippen molar-refractivity contribution >= 4 is 17.3 Å². The van der Waals surface area contributed by atoms with Crippen molar-refractivity contribution < 1.29 is 0 Å². The fourth-order valence-corrected chi connectivity index (χ4v) is 3.58. The third kappa shape index (κ3) is 3.34. The van der Waals surface area contributed by atoms with Gasteiger partial charge in [-0.3, -0.25) is 4.98 Å². The Balaban J connectivity index is 1.62. The van der Waals surface area contributed by atoms with Crippen LogP contribution in [-0.4, -0.2) is 50.7 Å². The van der Waals surface area contributed by atoms with Crippen LogP contribution in [0, 0.1) is 20.8 Å². The van der Waals surface area contributed by atoms with Gasteiger partial charge in [-0.05, 0) is 26.7 Å². The quantitative estimate of drug-likeness (QED) is 0.711. The fraction of sp³-hybridized carbons (Fsp3) is 0.500. The Hall–Kier alpha value is -2.70. The first-order valence-electron chi connectivity index (χ1n) is 9.60. The number of rotatable bonds is 3. The summed E-state index contributed by atoms with van der Waals surface area (Å²) in [7, 11) is 0. The highest BCUT2D eigenvalue weighted by Gasteiger charge is 2.23. The summed E-state index contributed by atoms with van der Waals surface area (Å²) < 4.78 is 1.98. The molecule has 0 amide bonds. The summed E-state index contributed by atoms with van der Waals surface area (Å²) in [6, 6.07) is 4.24. The standard InChI is InChI=1S/C20H27N7/c1-13(2)17-11-19(27-18(23-17)10-14(3)24-27)25-6-8-26(9-7-25)20-16(5)21-12-15(4)22-20/h10-13H,6-9H2,1-5H3. The van der Waals surface area contributed by atoms with Gasteiger partial charge in [0.25, 0.3) is 0 Å². The number of nitrogens with zero attached hydrogens (tertiary/aromatic N) is 7. The van der Waals surface area contributed by atoms with Gasteiger partial charge in [-0.2, -0.15) is 9.61 Å². The smallest absolute Gasteiger partial charge is 0.157 e. The van der Waals surface area contributed by atoms with Gasteiger partial charge in [0, 0.05) is 50.2 Å². The number of fused-ring (bicyclic) bond motifs is 1. The van der Waals surface area contributed by atoms with Crippen LogP contribution in [0.1, 0.15) is 42.5 Å². The van der Waals surface area contributed by atoms with Gasteiger partial charge in [0.1, 0.15) is 11.6 Å². The number of hydrogen-bond donors (Lipinski definition) is 0. The molecular formula is C20H27N7. The minimum Gasteiger partial charge on any atom is -0.353 e. The first-order valence-corrected chi connectivity index (χ1v) is 9.60. The number of anilines is 2. The molecule has 27 heavy (non-hydrogen) atoms. The van der Waals surface area contributed by atoms with Crippen LogP contribution in [-0.2, 0) is 0 Å². The highest BCUT2D eigenvalue weighted by molar-refractivity contribution is 5.54. The second-order valence-electron chi connectivity index (χ2n) is 7.64. The summed E-state index contributed by atoms with van der Waals surface area (Å²) in [5.41, 5.74) is 4.98. The minimum absolute atomic E-state index is 0.385. The topological polar surface area (TPSA) is 62.5 Å². The van der Waals surface area contributed by atoms with Crippen molar-refractivity contribution in [2.75, 3.05) is 36.0 Å². The molecule has 0 radical (unpaired) electrons. The molecular weight excluding hydrogens is 338 g/mol. The van der Waals surface area contributed by atoms with Crippen LogP contribution in [0.3, 0.4) is 0 Å². The summed E-state index contributed by atoms with van der Waals surface area (Å²) in [6.07, 6.45) is 1.83. The summed E-state index contributed by atoms with van der Waals surface area (Å²) >= 11 is 0. The molecule has 1 saturated heterocycles. The molecule has 4 rings (SSSR count). The van der Waals surface area contributed by atoms with Gasteiger partial charge >= 0.3 is 0 Å². The van der Waals surface area contributed by atoms with Crippen molar-refractivity contribution in [1.82, 2.24) is 24.6 Å². The van der Waals surface area contributed by atoms with Gasteiger partial charge < -0.3 is 9.80 Å². The Bertz CT molecular complexity index is 968. The average Bonchev–Trinajstić information content (AvgIpc) is 3.03. The Morgan fingerprint density at radius 1 is 0.889 bits per heavy atom. The summed E-state index contributed by atoms with van der Waals surface area (Å²) in [5.74, 6) is 2.52. The van der Waals surface area contributed by atoms with Gasteiger partial charge in [-0.25, -0.2) is 9.97 Å². The van der Waals surface area contributed by atoms with E-state index in [4.69, 9.17) is 9.97 Å². The summed E-state index contributed by atoms with van der Waals surface area (Å²) in [6.45, 7) is 14.1. The number of aromatic nitrogens is 5. The molecule has 1 fully saturated rings. The highest BCUT2D eigenvalue weighted by atomic mass is 15.4. The monoisotopic (exact) mass is 365 g/mol. The van der Waals surface area contributed by atoms with E-state index in [1.165, 1.54) is 0 Å². The van der Waals surface area contributed by atoms with E-state index in [-0.39, 0.29) is 0 Å². The van der Waals surface area contributed by atoms with Crippen molar-refractivity contribution in [3.63, 3.8) is 0 Å². The summed E-state index contributed by atoms with van der Waals surface area (Å²) in [4.78, 5) is 18.7. The molecule has 0 N–H and O–H groups in total. The van der Waals surface area contributed by atoms with Crippen LogP contribution in [0.15, 0.2) is 18.3 Å². The van der Waals surface area contributed by atoms with Gasteiger partial charge in [-0.1, -0.05) is 13.8 Å². The molecule has 3 aromatic rings. The zero-order valence-electron chi connectivity index (χ0n) is 16.8. The van der Waals surface area contributed by atoms with E-state index in [0.717, 1.165) is 66.2 Å². The molecule has 0 spiro atoms. The van der Waals surface area contributed by atoms with E-state index in [1.807, 2.05) is 31.5 Å². The molecule has 0 saturated carbocycles. The maximum absolute atomic E-state index is 4.78. The molecule has 0 atom stereocenters. The lowest BCUT2D eigenvalue weighted by Gasteiger charge is -2.37. The molecule has 4 heterocycles. The van der Waals surface area contributed by atoms with Crippen molar-refractivity contribution in [3.8, 4) is 0 Å². The zero-order chi connectivity index (χ0) is 19.1. The third-order valence-corrected chi connectivity index (χ3v) is 5.10. The van der Waals surface area contributed by atoms with E-state index in [2.05, 4.69) is 45.9 Å². The van der Waals surface area contributed by atoms with E-state index in [0.29, 0.717) is 5.92 Å². The fourth-order valence-electron chi connectivity index (χ4n) is 3.58. The van der Waals surface area contributed by atoms with Crippen molar-refractivity contribution in [1.29, 1.82) is 0 Å². The first kappa shape index (κ1) is 17.7. The Labute approximate surface area is 160 Å². The molecule has 0 unspecified atom stereocenters. The zero-order valence-corrected chi connectivity index (χ0v) is 16.8. The van der Waals surface area contributed by atoms with Crippen molar-refractivity contribution in [2.24, 2.45) is 0 Å². The summed E-state index contributed by atoms with van der Waals surface area (Å²) in [5, 5.41) is 4.67. The maximum atomic E-state index is 4.78. The van der Waals surface area contributed by atoms with Crippen LogP contribution in [0.5, 0.6) is 0 Å². The minimum atomic E-state index is 0.385. The lowest BCUT2D eigenvalue weighted by atomic mass is 10.1. The van der Waals surface area contributed by atoms with Crippen LogP contribution >= 0.6 is 0 Å². The molecule has 0 aliphatic carbocycles. The first-order chi connectivity index (χ1) is 12.9. The van der Waals surface area contributed by atoms with E-state index in [1.54, 1.807) is 0 Å². The Morgan fingerprint density at radius 3 is 2.30 bits per heavy atom. The van der Waals surface area contributed by atoms with Crippen molar-refractivity contribution in [2.45, 2.75) is 40.5 Å². The Morgan fingerprint density at radius 2 is 1.59 bits per heavy atom. The van der Waals surface area contributed by atoms with Gasteiger partial charge in [0.2, 0.25) is 0 Å². The molecule has 0 aromatic carbocycles. The largest absolute Gasteiger partial charge is 0.353 e. The van der Waals surface area contributed by atoms with E-state index in [9.17, 15) is 0 Å². The van der Waals surface area contributed by atoms with Crippen LogP contribution in [0.4, 0.5) is 11.6 Å². The number of piperazine rings is 1. The van der Waals surface area contributed by atoms with Gasteiger partial charge in [0.05, 0.1) is 17.1 Å². The molecule has 1 aliphatic rings. The Kier molecular flexibility index (Phi) is 4.45. The molecule has 0 bridgehead atoms. The van der Waals surface area contributed by atoms with Crippen LogP contribution < -0.4 is 9.80 Å². The predicted molar refractivity (Wildman–Crippen MR) is 108 cm³/mol. The molecule has 142 valence electrons. The van der Waals surface area contributed by atoms with E-state index >= 15 is 0 Å². The van der Waals surface area contributed by atoms with Gasteiger partial charge in [0.15, 0.2) is 5.65 Å². The normalized spacial score (nSPS) is 15.2. The van der Waals surface area contributed by atoms with Crippen molar-refractivity contribution in [3.05, 3.63) is 41.1 Å². The number of hydrogen-bond acceptors (Lipinski definition) is 6.